The highest BCUT2D eigenvalue weighted by atomic mass is 35.5. The number of halogens is 2. The summed E-state index contributed by atoms with van der Waals surface area (Å²) in [5, 5.41) is 6.47. The van der Waals surface area contributed by atoms with Gasteiger partial charge in [0, 0.05) is 30.1 Å². The lowest BCUT2D eigenvalue weighted by molar-refractivity contribution is -0.121. The first-order chi connectivity index (χ1) is 14.5. The minimum Gasteiger partial charge on any atom is -0.354 e. The van der Waals surface area contributed by atoms with Gasteiger partial charge in [-0.25, -0.2) is 4.39 Å². The van der Waals surface area contributed by atoms with Gasteiger partial charge in [-0.2, -0.15) is 0 Å². The third kappa shape index (κ3) is 6.54. The first-order valence-electron chi connectivity index (χ1n) is 10.3. The van der Waals surface area contributed by atoms with Crippen LogP contribution < -0.4 is 10.6 Å². The number of carbonyl (C=O) groups is 2. The molecule has 1 fully saturated rings. The molecule has 30 heavy (non-hydrogen) atoms. The minimum absolute atomic E-state index is 0.0442. The second-order valence-electron chi connectivity index (χ2n) is 7.48. The van der Waals surface area contributed by atoms with Crippen molar-refractivity contribution in [3.05, 3.63) is 70.5 Å². The van der Waals surface area contributed by atoms with Crippen LogP contribution in [0.25, 0.3) is 0 Å². The number of rotatable bonds is 9. The van der Waals surface area contributed by atoms with E-state index >= 15 is 0 Å². The Morgan fingerprint density at radius 2 is 1.80 bits per heavy atom. The molecule has 1 aliphatic heterocycles. The molecule has 7 heteroatoms. The molecule has 0 bridgehead atoms. The van der Waals surface area contributed by atoms with E-state index in [0.29, 0.717) is 36.5 Å². The summed E-state index contributed by atoms with van der Waals surface area (Å²) >= 11 is 6.16. The van der Waals surface area contributed by atoms with E-state index in [2.05, 4.69) is 15.5 Å². The standard InChI is InChI=1S/C23H27ClFN3O2/c24-19-6-3-5-18(15-19)21(28-13-1-2-14-28)16-27-22(29)7-4-12-26-23(30)17-8-10-20(25)11-9-17/h3,5-6,8-11,15,21H,1-2,4,7,12-14,16H2,(H,26,30)(H,27,29). The monoisotopic (exact) mass is 431 g/mol. The summed E-state index contributed by atoms with van der Waals surface area (Å²) in [6.07, 6.45) is 3.19. The number of hydrogen-bond donors (Lipinski definition) is 2. The average Bonchev–Trinajstić information content (AvgIpc) is 3.26. The van der Waals surface area contributed by atoms with Gasteiger partial charge >= 0.3 is 0 Å². The fraction of sp³-hybridized carbons (Fsp3) is 0.391. The van der Waals surface area contributed by atoms with Crippen LogP contribution in [0.2, 0.25) is 5.02 Å². The highest BCUT2D eigenvalue weighted by molar-refractivity contribution is 6.30. The summed E-state index contributed by atoms with van der Waals surface area (Å²) in [5.41, 5.74) is 1.51. The first kappa shape index (κ1) is 22.2. The van der Waals surface area contributed by atoms with Gasteiger partial charge in [-0.05, 0) is 74.3 Å². The molecule has 0 aliphatic carbocycles. The number of benzene rings is 2. The van der Waals surface area contributed by atoms with Crippen LogP contribution in [-0.4, -0.2) is 42.9 Å². The molecule has 1 aliphatic rings. The number of amides is 2. The molecule has 2 aromatic carbocycles. The molecule has 2 aromatic rings. The maximum atomic E-state index is 12.9. The van der Waals surface area contributed by atoms with Crippen molar-refractivity contribution in [2.75, 3.05) is 26.2 Å². The fourth-order valence-electron chi connectivity index (χ4n) is 3.68. The van der Waals surface area contributed by atoms with Gasteiger partial charge in [0.15, 0.2) is 0 Å². The lowest BCUT2D eigenvalue weighted by Crippen LogP contribution is -2.37. The summed E-state index contributed by atoms with van der Waals surface area (Å²) < 4.78 is 12.9. The van der Waals surface area contributed by atoms with E-state index in [4.69, 9.17) is 11.6 Å². The Hall–Kier alpha value is -2.44. The van der Waals surface area contributed by atoms with Crippen LogP contribution in [0.15, 0.2) is 48.5 Å². The van der Waals surface area contributed by atoms with Gasteiger partial charge in [-0.15, -0.1) is 0 Å². The van der Waals surface area contributed by atoms with Crippen LogP contribution >= 0.6 is 11.6 Å². The molecule has 1 heterocycles. The third-order valence-corrected chi connectivity index (χ3v) is 5.52. The molecule has 160 valence electrons. The van der Waals surface area contributed by atoms with Crippen molar-refractivity contribution in [2.45, 2.75) is 31.7 Å². The quantitative estimate of drug-likeness (QED) is 0.591. The topological polar surface area (TPSA) is 61.4 Å². The highest BCUT2D eigenvalue weighted by Crippen LogP contribution is 2.26. The number of carbonyl (C=O) groups excluding carboxylic acids is 2. The van der Waals surface area contributed by atoms with Crippen molar-refractivity contribution in [2.24, 2.45) is 0 Å². The van der Waals surface area contributed by atoms with Crippen molar-refractivity contribution in [3.8, 4) is 0 Å². The number of nitrogens with zero attached hydrogens (tertiary/aromatic N) is 1. The molecule has 0 aromatic heterocycles. The maximum absolute atomic E-state index is 12.9. The van der Waals surface area contributed by atoms with E-state index in [1.165, 1.54) is 37.1 Å². The molecule has 0 spiro atoms. The molecule has 5 nitrogen and oxygen atoms in total. The van der Waals surface area contributed by atoms with Gasteiger partial charge in [-0.3, -0.25) is 14.5 Å². The predicted molar refractivity (Wildman–Crippen MR) is 116 cm³/mol. The SMILES string of the molecule is O=C(CCCNC(=O)c1ccc(F)cc1)NCC(c1cccc(Cl)c1)N1CCCC1. The molecule has 0 saturated carbocycles. The minimum atomic E-state index is -0.381. The van der Waals surface area contributed by atoms with E-state index in [0.717, 1.165) is 18.7 Å². The Labute approximate surface area is 181 Å². The summed E-state index contributed by atoms with van der Waals surface area (Å²) in [5.74, 6) is -0.698. The van der Waals surface area contributed by atoms with Gasteiger partial charge in [0.25, 0.3) is 5.91 Å². The molecule has 0 radical (unpaired) electrons. The number of hydrogen-bond acceptors (Lipinski definition) is 3. The van der Waals surface area contributed by atoms with E-state index in [1.54, 1.807) is 0 Å². The Morgan fingerprint density at radius 1 is 1.07 bits per heavy atom. The Balaban J connectivity index is 1.43. The van der Waals surface area contributed by atoms with Crippen molar-refractivity contribution < 1.29 is 14.0 Å². The molecule has 3 rings (SSSR count). The van der Waals surface area contributed by atoms with Gasteiger partial charge in [-0.1, -0.05) is 23.7 Å². The largest absolute Gasteiger partial charge is 0.354 e. The Morgan fingerprint density at radius 3 is 2.50 bits per heavy atom. The smallest absolute Gasteiger partial charge is 0.251 e. The molecule has 2 amide bonds. The zero-order valence-electron chi connectivity index (χ0n) is 16.9. The van der Waals surface area contributed by atoms with Crippen LogP contribution in [0, 0.1) is 5.82 Å². The van der Waals surface area contributed by atoms with Gasteiger partial charge in [0.2, 0.25) is 5.91 Å². The van der Waals surface area contributed by atoms with Crippen LogP contribution in [0.5, 0.6) is 0 Å². The van der Waals surface area contributed by atoms with Crippen LogP contribution in [0.4, 0.5) is 4.39 Å². The van der Waals surface area contributed by atoms with Gasteiger partial charge in [0.05, 0.1) is 6.04 Å². The van der Waals surface area contributed by atoms with Crippen molar-refractivity contribution in [3.63, 3.8) is 0 Å². The molecular formula is C23H27ClFN3O2. The van der Waals surface area contributed by atoms with Gasteiger partial charge < -0.3 is 10.6 Å². The zero-order valence-corrected chi connectivity index (χ0v) is 17.6. The van der Waals surface area contributed by atoms with Gasteiger partial charge in [0.1, 0.15) is 5.82 Å². The third-order valence-electron chi connectivity index (χ3n) is 5.28. The van der Waals surface area contributed by atoms with Crippen molar-refractivity contribution >= 4 is 23.4 Å². The van der Waals surface area contributed by atoms with E-state index in [9.17, 15) is 14.0 Å². The summed E-state index contributed by atoms with van der Waals surface area (Å²) in [4.78, 5) is 26.7. The average molecular weight is 432 g/mol. The lowest BCUT2D eigenvalue weighted by atomic mass is 10.1. The number of likely N-dealkylation sites (tertiary alicyclic amines) is 1. The van der Waals surface area contributed by atoms with E-state index in [-0.39, 0.29) is 23.7 Å². The first-order valence-corrected chi connectivity index (χ1v) is 10.7. The second kappa shape index (κ2) is 11.1. The zero-order chi connectivity index (χ0) is 21.3. The van der Waals surface area contributed by atoms with Crippen LogP contribution in [0.1, 0.15) is 47.6 Å². The van der Waals surface area contributed by atoms with Crippen molar-refractivity contribution in [1.29, 1.82) is 0 Å². The van der Waals surface area contributed by atoms with Crippen LogP contribution in [-0.2, 0) is 4.79 Å². The summed E-state index contributed by atoms with van der Waals surface area (Å²) in [6.45, 7) is 2.94. The maximum Gasteiger partial charge on any atom is 0.251 e. The lowest BCUT2D eigenvalue weighted by Gasteiger charge is -2.28. The van der Waals surface area contributed by atoms with Crippen molar-refractivity contribution in [1.82, 2.24) is 15.5 Å². The number of nitrogens with one attached hydrogen (secondary N) is 2. The van der Waals surface area contributed by atoms with Crippen LogP contribution in [0.3, 0.4) is 0 Å². The predicted octanol–water partition coefficient (Wildman–Crippen LogP) is 3.94. The molecular weight excluding hydrogens is 405 g/mol. The molecule has 1 saturated heterocycles. The summed E-state index contributed by atoms with van der Waals surface area (Å²) in [7, 11) is 0. The fourth-order valence-corrected chi connectivity index (χ4v) is 3.88. The molecule has 1 atom stereocenters. The highest BCUT2D eigenvalue weighted by Gasteiger charge is 2.24. The van der Waals surface area contributed by atoms with E-state index in [1.807, 2.05) is 24.3 Å². The Bertz CT molecular complexity index is 854. The normalized spacial score (nSPS) is 15.0. The Kier molecular flexibility index (Phi) is 8.22. The molecule has 1 unspecified atom stereocenters. The second-order valence-corrected chi connectivity index (χ2v) is 7.92. The molecule has 2 N–H and O–H groups in total. The summed E-state index contributed by atoms with van der Waals surface area (Å²) in [6, 6.07) is 13.3. The van der Waals surface area contributed by atoms with E-state index < -0.39 is 0 Å².